The molecule has 2 nitrogen and oxygen atoms in total. The Morgan fingerprint density at radius 3 is 2.68 bits per heavy atom. The quantitative estimate of drug-likeness (QED) is 0.891. The van der Waals surface area contributed by atoms with Gasteiger partial charge in [0.2, 0.25) is 0 Å². The highest BCUT2D eigenvalue weighted by Gasteiger charge is 2.50. The Morgan fingerprint density at radius 1 is 1.26 bits per heavy atom. The molecule has 104 valence electrons. The molecule has 1 N–H and O–H groups in total. The van der Waals surface area contributed by atoms with E-state index in [9.17, 15) is 13.2 Å². The monoisotopic (exact) mass is 271 g/mol. The lowest BCUT2D eigenvalue weighted by atomic mass is 9.65. The predicted octanol–water partition coefficient (Wildman–Crippen LogP) is 3.23. The van der Waals surface area contributed by atoms with Gasteiger partial charge in [0, 0.05) is 12.0 Å². The van der Waals surface area contributed by atoms with E-state index in [0.29, 0.717) is 5.75 Å². The van der Waals surface area contributed by atoms with Crippen LogP contribution in [0.15, 0.2) is 24.3 Å². The van der Waals surface area contributed by atoms with E-state index in [-0.39, 0.29) is 11.5 Å². The molecule has 2 unspecified atom stereocenters. The van der Waals surface area contributed by atoms with Crippen molar-refractivity contribution in [1.82, 2.24) is 5.32 Å². The second-order valence-electron chi connectivity index (χ2n) is 5.46. The number of nitrogens with one attached hydrogen (secondary N) is 1. The van der Waals surface area contributed by atoms with Crippen LogP contribution in [0.1, 0.15) is 24.8 Å². The predicted molar refractivity (Wildman–Crippen MR) is 65.0 cm³/mol. The topological polar surface area (TPSA) is 21.3 Å². The summed E-state index contributed by atoms with van der Waals surface area (Å²) >= 11 is 0. The Hall–Kier alpha value is -1.23. The first-order valence-corrected chi connectivity index (χ1v) is 6.54. The molecule has 1 aliphatic heterocycles. The first-order valence-electron chi connectivity index (χ1n) is 6.54. The Morgan fingerprint density at radius 2 is 2.11 bits per heavy atom. The smallest absolute Gasteiger partial charge is 0.416 e. The van der Waals surface area contributed by atoms with Gasteiger partial charge in [-0.1, -0.05) is 6.07 Å². The average molecular weight is 271 g/mol. The van der Waals surface area contributed by atoms with Gasteiger partial charge < -0.3 is 10.1 Å². The highest BCUT2D eigenvalue weighted by molar-refractivity contribution is 5.31. The van der Waals surface area contributed by atoms with Crippen LogP contribution >= 0.6 is 0 Å². The molecule has 0 aromatic heterocycles. The molecular formula is C14H16F3NO. The Balaban J connectivity index is 1.74. The van der Waals surface area contributed by atoms with Crippen molar-refractivity contribution >= 4 is 0 Å². The molecule has 0 bridgehead atoms. The fraction of sp³-hybridized carbons (Fsp3) is 0.571. The van der Waals surface area contributed by atoms with Gasteiger partial charge >= 0.3 is 6.18 Å². The van der Waals surface area contributed by atoms with Gasteiger partial charge in [-0.3, -0.25) is 0 Å². The zero-order valence-corrected chi connectivity index (χ0v) is 10.5. The summed E-state index contributed by atoms with van der Waals surface area (Å²) < 4.78 is 43.7. The summed E-state index contributed by atoms with van der Waals surface area (Å²) in [6.45, 7) is 1.89. The number of alkyl halides is 3. The van der Waals surface area contributed by atoms with Gasteiger partial charge in [-0.05, 0) is 44.0 Å². The molecule has 1 heterocycles. The number of hydrogen-bond acceptors (Lipinski definition) is 2. The Labute approximate surface area is 109 Å². The van der Waals surface area contributed by atoms with Crippen LogP contribution in [0.4, 0.5) is 13.2 Å². The Kier molecular flexibility index (Phi) is 2.96. The van der Waals surface area contributed by atoms with E-state index in [1.807, 2.05) is 0 Å². The second kappa shape index (κ2) is 4.40. The van der Waals surface area contributed by atoms with Crippen LogP contribution in [0.25, 0.3) is 0 Å². The molecule has 3 rings (SSSR count). The Bertz CT molecular complexity index is 466. The van der Waals surface area contributed by atoms with Crippen LogP contribution < -0.4 is 10.1 Å². The maximum atomic E-state index is 12.6. The number of ether oxygens (including phenoxy) is 1. The summed E-state index contributed by atoms with van der Waals surface area (Å²) in [5.74, 6) is 0.325. The SMILES string of the molecule is FC(F)(F)c1cccc(OC2CCC23CCNC3)c1. The van der Waals surface area contributed by atoms with Crippen LogP contribution in [0, 0.1) is 5.41 Å². The minimum Gasteiger partial charge on any atom is -0.490 e. The summed E-state index contributed by atoms with van der Waals surface area (Å²) in [7, 11) is 0. The third-order valence-corrected chi connectivity index (χ3v) is 4.30. The molecule has 5 heteroatoms. The maximum absolute atomic E-state index is 12.6. The van der Waals surface area contributed by atoms with Crippen molar-refractivity contribution in [2.45, 2.75) is 31.5 Å². The lowest BCUT2D eigenvalue weighted by molar-refractivity contribution is -0.137. The molecule has 19 heavy (non-hydrogen) atoms. The molecule has 1 aromatic rings. The van der Waals surface area contributed by atoms with Gasteiger partial charge in [-0.15, -0.1) is 0 Å². The fourth-order valence-electron chi connectivity index (χ4n) is 3.02. The van der Waals surface area contributed by atoms with E-state index in [4.69, 9.17) is 4.74 Å². The van der Waals surface area contributed by atoms with Crippen molar-refractivity contribution in [2.24, 2.45) is 5.41 Å². The summed E-state index contributed by atoms with van der Waals surface area (Å²) in [5.41, 5.74) is -0.503. The zero-order chi connectivity index (χ0) is 13.5. The maximum Gasteiger partial charge on any atom is 0.416 e. The molecule has 1 aliphatic carbocycles. The van der Waals surface area contributed by atoms with Gasteiger partial charge in [-0.2, -0.15) is 13.2 Å². The fourth-order valence-corrected chi connectivity index (χ4v) is 3.02. The van der Waals surface area contributed by atoms with Crippen molar-refractivity contribution in [3.63, 3.8) is 0 Å². The van der Waals surface area contributed by atoms with E-state index in [1.54, 1.807) is 6.07 Å². The third kappa shape index (κ3) is 2.31. The number of halogens is 3. The number of benzene rings is 1. The van der Waals surface area contributed by atoms with Crippen LogP contribution in [0.3, 0.4) is 0 Å². The lowest BCUT2D eigenvalue weighted by Gasteiger charge is -2.46. The average Bonchev–Trinajstić information content (AvgIpc) is 2.86. The van der Waals surface area contributed by atoms with Crippen LogP contribution in [-0.4, -0.2) is 19.2 Å². The molecule has 2 atom stereocenters. The van der Waals surface area contributed by atoms with Crippen LogP contribution in [0.2, 0.25) is 0 Å². The van der Waals surface area contributed by atoms with Gasteiger partial charge in [0.15, 0.2) is 0 Å². The van der Waals surface area contributed by atoms with Crippen molar-refractivity contribution < 1.29 is 17.9 Å². The molecule has 0 amide bonds. The zero-order valence-electron chi connectivity index (χ0n) is 10.5. The van der Waals surface area contributed by atoms with Crippen molar-refractivity contribution in [1.29, 1.82) is 0 Å². The first kappa shape index (κ1) is 12.8. The molecule has 1 saturated carbocycles. The second-order valence-corrected chi connectivity index (χ2v) is 5.46. The van der Waals surface area contributed by atoms with Crippen molar-refractivity contribution in [3.05, 3.63) is 29.8 Å². The molecule has 1 aromatic carbocycles. The van der Waals surface area contributed by atoms with Crippen molar-refractivity contribution in [2.75, 3.05) is 13.1 Å². The molecule has 0 radical (unpaired) electrons. The van der Waals surface area contributed by atoms with E-state index in [1.165, 1.54) is 6.07 Å². The van der Waals surface area contributed by atoms with Crippen molar-refractivity contribution in [3.8, 4) is 5.75 Å². The summed E-state index contributed by atoms with van der Waals surface area (Å²) in [5, 5.41) is 3.31. The van der Waals surface area contributed by atoms with Gasteiger partial charge in [-0.25, -0.2) is 0 Å². The van der Waals surface area contributed by atoms with E-state index in [2.05, 4.69) is 5.32 Å². The minimum atomic E-state index is -4.31. The van der Waals surface area contributed by atoms with Gasteiger partial charge in [0.05, 0.1) is 5.56 Å². The summed E-state index contributed by atoms with van der Waals surface area (Å²) in [6.07, 6.45) is -1.19. The highest BCUT2D eigenvalue weighted by Crippen LogP contribution is 2.47. The summed E-state index contributed by atoms with van der Waals surface area (Å²) in [4.78, 5) is 0. The lowest BCUT2D eigenvalue weighted by Crippen LogP contribution is -2.49. The standard InChI is InChI=1S/C14H16F3NO/c15-14(16,17)10-2-1-3-11(8-10)19-12-4-5-13(12)6-7-18-9-13/h1-3,8,12,18H,4-7,9H2. The first-order chi connectivity index (χ1) is 9.00. The summed E-state index contributed by atoms with van der Waals surface area (Å²) in [6, 6.07) is 5.16. The molecular weight excluding hydrogens is 255 g/mol. The molecule has 2 aliphatic rings. The van der Waals surface area contributed by atoms with E-state index < -0.39 is 11.7 Å². The number of rotatable bonds is 2. The van der Waals surface area contributed by atoms with Crippen LogP contribution in [-0.2, 0) is 6.18 Å². The number of hydrogen-bond donors (Lipinski definition) is 1. The third-order valence-electron chi connectivity index (χ3n) is 4.30. The van der Waals surface area contributed by atoms with Gasteiger partial charge in [0.1, 0.15) is 11.9 Å². The molecule has 1 saturated heterocycles. The highest BCUT2D eigenvalue weighted by atomic mass is 19.4. The minimum absolute atomic E-state index is 0.0472. The molecule has 1 spiro atoms. The van der Waals surface area contributed by atoms with Gasteiger partial charge in [0.25, 0.3) is 0 Å². The normalized spacial score (nSPS) is 30.4. The van der Waals surface area contributed by atoms with Crippen LogP contribution in [0.5, 0.6) is 5.75 Å². The van der Waals surface area contributed by atoms with E-state index >= 15 is 0 Å². The largest absolute Gasteiger partial charge is 0.490 e. The van der Waals surface area contributed by atoms with E-state index in [0.717, 1.165) is 44.5 Å². The molecule has 2 fully saturated rings.